The van der Waals surface area contributed by atoms with E-state index in [-0.39, 0.29) is 64.0 Å². The molecule has 0 bridgehead atoms. The van der Waals surface area contributed by atoms with Gasteiger partial charge < -0.3 is 60.5 Å². The summed E-state index contributed by atoms with van der Waals surface area (Å²) in [5.41, 5.74) is 0.208. The van der Waals surface area contributed by atoms with Gasteiger partial charge in [0.25, 0.3) is 0 Å². The third-order valence-corrected chi connectivity index (χ3v) is 8.04. The smallest absolute Gasteiger partial charge is 0.157 e. The summed E-state index contributed by atoms with van der Waals surface area (Å²) in [4.78, 5) is 0. The first-order chi connectivity index (χ1) is 19.9. The Morgan fingerprint density at radius 1 is 0.690 bits per heavy atom. The molecule has 0 fully saturated rings. The summed E-state index contributed by atoms with van der Waals surface area (Å²) in [6.45, 7) is 0. The molecule has 0 aromatic heterocycles. The molecule has 3 aromatic rings. The Morgan fingerprint density at radius 3 is 2.14 bits per heavy atom. The first-order valence-corrected chi connectivity index (χ1v) is 13.1. The Labute approximate surface area is 238 Å². The number of benzene rings is 3. The number of aromatic hydroxyl groups is 6. The molecule has 10 N–H and O–H groups in total. The predicted octanol–water partition coefficient (Wildman–Crippen LogP) is 3.11. The number of rotatable bonds is 3. The van der Waals surface area contributed by atoms with Crippen molar-refractivity contribution < 1.29 is 60.5 Å². The van der Waals surface area contributed by atoms with Gasteiger partial charge in [0.15, 0.2) is 17.3 Å². The molecule has 6 atom stereocenters. The lowest BCUT2D eigenvalue weighted by atomic mass is 9.75. The van der Waals surface area contributed by atoms with Crippen molar-refractivity contribution in [3.05, 3.63) is 82.3 Å². The maximum atomic E-state index is 11.6. The number of allylic oxidation sites excluding steroid dienone is 2. The molecule has 0 saturated heterocycles. The van der Waals surface area contributed by atoms with Crippen molar-refractivity contribution in [2.45, 2.75) is 43.2 Å². The molecule has 6 rings (SSSR count). The number of aliphatic hydroxyl groups excluding tert-OH is 4. The fourth-order valence-corrected chi connectivity index (χ4v) is 6.01. The third kappa shape index (κ3) is 4.32. The molecule has 2 aliphatic heterocycles. The van der Waals surface area contributed by atoms with Gasteiger partial charge in [-0.05, 0) is 23.8 Å². The molecule has 0 amide bonds. The summed E-state index contributed by atoms with van der Waals surface area (Å²) in [5.74, 6) is -5.34. The minimum absolute atomic E-state index is 0.0191. The summed E-state index contributed by atoms with van der Waals surface area (Å²) in [7, 11) is 0. The second-order valence-electron chi connectivity index (χ2n) is 10.7. The molecule has 12 nitrogen and oxygen atoms in total. The van der Waals surface area contributed by atoms with Crippen LogP contribution in [0.5, 0.6) is 46.0 Å². The van der Waals surface area contributed by atoms with Crippen LogP contribution in [0.3, 0.4) is 0 Å². The topological polar surface area (TPSA) is 221 Å². The highest BCUT2D eigenvalue weighted by Crippen LogP contribution is 2.55. The van der Waals surface area contributed by atoms with Gasteiger partial charge in [-0.2, -0.15) is 0 Å². The molecule has 2 heterocycles. The lowest BCUT2D eigenvalue weighted by Gasteiger charge is -2.41. The van der Waals surface area contributed by atoms with Gasteiger partial charge in [0.2, 0.25) is 0 Å². The summed E-state index contributed by atoms with van der Waals surface area (Å²) in [6.07, 6.45) is -2.41. The molecule has 12 heteroatoms. The van der Waals surface area contributed by atoms with Gasteiger partial charge in [-0.1, -0.05) is 12.1 Å². The maximum Gasteiger partial charge on any atom is 0.157 e. The van der Waals surface area contributed by atoms with E-state index in [1.54, 1.807) is 0 Å². The zero-order valence-electron chi connectivity index (χ0n) is 21.8. The number of fused-ring (bicyclic) bond motifs is 2. The molecule has 3 aromatic carbocycles. The second-order valence-corrected chi connectivity index (χ2v) is 10.7. The Bertz CT molecular complexity index is 1640. The SMILES string of the molecule is OC1=C(O)C[C@@H](C2Oc3cc(O)cc(O)c3[C@H](c3c(O)cc4c(c3O)C[C@@H](O)[C@@H](c3ccc(O)c(O)c3)O4)[C@H]2O)C=C1. The fraction of sp³-hybridized carbons (Fsp3) is 0.267. The van der Waals surface area contributed by atoms with Gasteiger partial charge in [0.1, 0.15) is 58.6 Å². The summed E-state index contributed by atoms with van der Waals surface area (Å²) in [6, 6.07) is 7.33. The quantitative estimate of drug-likeness (QED) is 0.202. The van der Waals surface area contributed by atoms with E-state index >= 15 is 0 Å². The number of phenols is 6. The normalized spacial score (nSPS) is 26.6. The van der Waals surface area contributed by atoms with Crippen molar-refractivity contribution in [3.8, 4) is 46.0 Å². The lowest BCUT2D eigenvalue weighted by Crippen LogP contribution is -2.46. The summed E-state index contributed by atoms with van der Waals surface area (Å²) >= 11 is 0. The van der Waals surface area contributed by atoms with E-state index < -0.39 is 59.2 Å². The van der Waals surface area contributed by atoms with E-state index in [9.17, 15) is 51.1 Å². The Morgan fingerprint density at radius 2 is 1.43 bits per heavy atom. The highest BCUT2D eigenvalue weighted by molar-refractivity contribution is 5.65. The third-order valence-electron chi connectivity index (χ3n) is 8.04. The zero-order chi connectivity index (χ0) is 30.0. The van der Waals surface area contributed by atoms with Crippen LogP contribution in [-0.4, -0.2) is 69.4 Å². The van der Waals surface area contributed by atoms with E-state index in [0.717, 1.165) is 6.07 Å². The predicted molar refractivity (Wildman–Crippen MR) is 144 cm³/mol. The number of hydrogen-bond acceptors (Lipinski definition) is 12. The van der Waals surface area contributed by atoms with E-state index in [4.69, 9.17) is 9.47 Å². The van der Waals surface area contributed by atoms with Gasteiger partial charge in [-0.3, -0.25) is 0 Å². The number of aliphatic hydroxyl groups is 4. The molecular formula is C30H28O12. The van der Waals surface area contributed by atoms with Crippen molar-refractivity contribution in [2.24, 2.45) is 5.92 Å². The summed E-state index contributed by atoms with van der Waals surface area (Å²) in [5, 5.41) is 106. The van der Waals surface area contributed by atoms with Crippen LogP contribution in [0.4, 0.5) is 0 Å². The molecule has 1 unspecified atom stereocenters. The van der Waals surface area contributed by atoms with E-state index in [2.05, 4.69) is 0 Å². The first-order valence-electron chi connectivity index (χ1n) is 13.1. The molecular weight excluding hydrogens is 552 g/mol. The van der Waals surface area contributed by atoms with E-state index in [0.29, 0.717) is 5.56 Å². The second kappa shape index (κ2) is 9.86. The Kier molecular flexibility index (Phi) is 6.39. The van der Waals surface area contributed by atoms with Crippen molar-refractivity contribution >= 4 is 0 Å². The molecule has 42 heavy (non-hydrogen) atoms. The van der Waals surface area contributed by atoms with Crippen LogP contribution < -0.4 is 9.47 Å². The van der Waals surface area contributed by atoms with Crippen molar-refractivity contribution in [1.82, 2.24) is 0 Å². The van der Waals surface area contributed by atoms with E-state index in [1.807, 2.05) is 0 Å². The highest BCUT2D eigenvalue weighted by atomic mass is 16.5. The van der Waals surface area contributed by atoms with Gasteiger partial charge in [0.05, 0.1) is 12.0 Å². The van der Waals surface area contributed by atoms with Crippen LogP contribution in [0.15, 0.2) is 60.1 Å². The van der Waals surface area contributed by atoms with Crippen LogP contribution >= 0.6 is 0 Å². The average molecular weight is 581 g/mol. The standard InChI is InChI=1S/C30H28O12/c31-13-7-19(36)24-23(8-13)42-30(12-2-4-16(33)18(35)6-12)28(40)26(24)25-20(37)10-22-14(27(25)39)9-21(38)29(41-22)11-1-3-15(32)17(34)5-11/h1-5,7-8,10,12,21,26,28-40H,6,9H2/t12-,21+,26+,28+,29+,30?/m0/s1. The molecule has 3 aliphatic rings. The summed E-state index contributed by atoms with van der Waals surface area (Å²) < 4.78 is 11.9. The molecule has 1 aliphatic carbocycles. The van der Waals surface area contributed by atoms with Crippen molar-refractivity contribution in [1.29, 1.82) is 0 Å². The van der Waals surface area contributed by atoms with Crippen LogP contribution in [0.2, 0.25) is 0 Å². The van der Waals surface area contributed by atoms with Crippen LogP contribution in [0, 0.1) is 5.92 Å². The maximum absolute atomic E-state index is 11.6. The average Bonchev–Trinajstić information content (AvgIpc) is 2.93. The van der Waals surface area contributed by atoms with Gasteiger partial charge >= 0.3 is 0 Å². The Balaban J connectivity index is 1.44. The molecule has 0 saturated carbocycles. The molecule has 0 radical (unpaired) electrons. The zero-order valence-corrected chi connectivity index (χ0v) is 21.8. The molecule has 220 valence electrons. The van der Waals surface area contributed by atoms with Crippen molar-refractivity contribution in [2.75, 3.05) is 0 Å². The fourth-order valence-electron chi connectivity index (χ4n) is 6.01. The van der Waals surface area contributed by atoms with Crippen LogP contribution in [-0.2, 0) is 6.42 Å². The van der Waals surface area contributed by atoms with Gasteiger partial charge in [-0.15, -0.1) is 0 Å². The number of phenolic OH excluding ortho intramolecular Hbond substituents is 6. The molecule has 0 spiro atoms. The Hall–Kier alpha value is -4.94. The van der Waals surface area contributed by atoms with Crippen molar-refractivity contribution in [3.63, 3.8) is 0 Å². The number of ether oxygens (including phenoxy) is 2. The minimum Gasteiger partial charge on any atom is -0.508 e. The lowest BCUT2D eigenvalue weighted by molar-refractivity contribution is -0.0167. The number of hydrogen-bond donors (Lipinski definition) is 10. The largest absolute Gasteiger partial charge is 0.508 e. The van der Waals surface area contributed by atoms with E-state index in [1.165, 1.54) is 42.5 Å². The minimum atomic E-state index is -1.53. The highest BCUT2D eigenvalue weighted by Gasteiger charge is 2.47. The van der Waals surface area contributed by atoms with Gasteiger partial charge in [0, 0.05) is 53.6 Å². The van der Waals surface area contributed by atoms with Crippen LogP contribution in [0.1, 0.15) is 40.7 Å². The van der Waals surface area contributed by atoms with Crippen LogP contribution in [0.25, 0.3) is 0 Å². The van der Waals surface area contributed by atoms with Gasteiger partial charge in [-0.25, -0.2) is 0 Å². The first kappa shape index (κ1) is 27.2. The monoisotopic (exact) mass is 580 g/mol.